The highest BCUT2D eigenvalue weighted by molar-refractivity contribution is 7.71. The number of benzene rings is 1. The molecule has 2 aromatic rings. The van der Waals surface area contributed by atoms with E-state index < -0.39 is 0 Å². The van der Waals surface area contributed by atoms with Crippen molar-refractivity contribution in [2.75, 3.05) is 6.61 Å². The van der Waals surface area contributed by atoms with E-state index >= 15 is 0 Å². The lowest BCUT2D eigenvalue weighted by Crippen LogP contribution is -2.37. The van der Waals surface area contributed by atoms with Crippen molar-refractivity contribution in [3.05, 3.63) is 23.0 Å². The highest BCUT2D eigenvalue weighted by Gasteiger charge is 2.35. The molecule has 1 heterocycles. The number of fused-ring (bicyclic) bond motifs is 1. The Balaban J connectivity index is 2.24. The second-order valence-electron chi connectivity index (χ2n) is 5.20. The standard InChI is InChI=1S/C14H18N2OS/c1-3-17-11-7-4-6-10-12(11)15-13(18)16(10)14(2)8-5-9-14/h4,6-7H,3,5,8-9H2,1-2H3,(H,15,18). The summed E-state index contributed by atoms with van der Waals surface area (Å²) in [6.07, 6.45) is 3.69. The van der Waals surface area contributed by atoms with Gasteiger partial charge in [0, 0.05) is 5.54 Å². The largest absolute Gasteiger partial charge is 0.492 e. The van der Waals surface area contributed by atoms with Crippen LogP contribution < -0.4 is 4.74 Å². The predicted octanol–water partition coefficient (Wildman–Crippen LogP) is 4.00. The van der Waals surface area contributed by atoms with Crippen LogP contribution in [-0.2, 0) is 5.54 Å². The molecule has 0 bridgehead atoms. The van der Waals surface area contributed by atoms with Gasteiger partial charge in [0.15, 0.2) is 4.77 Å². The summed E-state index contributed by atoms with van der Waals surface area (Å²) in [5, 5.41) is 0. The summed E-state index contributed by atoms with van der Waals surface area (Å²) in [7, 11) is 0. The molecule has 0 amide bonds. The highest BCUT2D eigenvalue weighted by atomic mass is 32.1. The maximum absolute atomic E-state index is 5.66. The number of nitrogens with one attached hydrogen (secondary N) is 1. The Bertz CT molecular complexity index is 637. The average Bonchev–Trinajstić information content (AvgIpc) is 2.64. The van der Waals surface area contributed by atoms with Gasteiger partial charge in [-0.3, -0.25) is 0 Å². The molecule has 0 unspecified atom stereocenters. The SMILES string of the molecule is CCOc1cccc2c1[nH]c(=S)n2C1(C)CCC1. The van der Waals surface area contributed by atoms with Crippen LogP contribution in [0.15, 0.2) is 18.2 Å². The lowest BCUT2D eigenvalue weighted by atomic mass is 9.78. The molecule has 0 atom stereocenters. The zero-order valence-electron chi connectivity index (χ0n) is 10.8. The number of aromatic amines is 1. The van der Waals surface area contributed by atoms with Crippen LogP contribution in [-0.4, -0.2) is 16.2 Å². The number of hydrogen-bond acceptors (Lipinski definition) is 2. The van der Waals surface area contributed by atoms with Crippen molar-refractivity contribution in [2.45, 2.75) is 38.6 Å². The van der Waals surface area contributed by atoms with E-state index in [-0.39, 0.29) is 5.54 Å². The van der Waals surface area contributed by atoms with Crippen molar-refractivity contribution in [3.63, 3.8) is 0 Å². The lowest BCUT2D eigenvalue weighted by molar-refractivity contribution is 0.172. The second-order valence-corrected chi connectivity index (χ2v) is 5.59. The minimum atomic E-state index is 0.181. The molecule has 1 aliphatic rings. The molecule has 1 fully saturated rings. The topological polar surface area (TPSA) is 29.9 Å². The number of rotatable bonds is 3. The molecule has 18 heavy (non-hydrogen) atoms. The molecule has 1 aromatic heterocycles. The van der Waals surface area contributed by atoms with Gasteiger partial charge >= 0.3 is 0 Å². The van der Waals surface area contributed by atoms with Crippen LogP contribution in [0.1, 0.15) is 33.1 Å². The zero-order chi connectivity index (χ0) is 12.8. The van der Waals surface area contributed by atoms with Crippen molar-refractivity contribution in [2.24, 2.45) is 0 Å². The van der Waals surface area contributed by atoms with Crippen LogP contribution in [0.3, 0.4) is 0 Å². The Kier molecular flexibility index (Phi) is 2.70. The molecular formula is C14H18N2OS. The summed E-state index contributed by atoms with van der Waals surface area (Å²) in [5.74, 6) is 0.891. The molecule has 1 aliphatic carbocycles. The fourth-order valence-electron chi connectivity index (χ4n) is 2.83. The summed E-state index contributed by atoms with van der Waals surface area (Å²) in [4.78, 5) is 3.31. The fraction of sp³-hybridized carbons (Fsp3) is 0.500. The van der Waals surface area contributed by atoms with Crippen molar-refractivity contribution >= 4 is 23.3 Å². The van der Waals surface area contributed by atoms with Gasteiger partial charge in [-0.15, -0.1) is 0 Å². The Morgan fingerprint density at radius 3 is 2.83 bits per heavy atom. The van der Waals surface area contributed by atoms with Gasteiger partial charge < -0.3 is 14.3 Å². The minimum Gasteiger partial charge on any atom is -0.492 e. The molecule has 3 nitrogen and oxygen atoms in total. The van der Waals surface area contributed by atoms with E-state index in [1.54, 1.807) is 0 Å². The van der Waals surface area contributed by atoms with Crippen LogP contribution in [0.5, 0.6) is 5.75 Å². The molecule has 1 N–H and O–H groups in total. The number of para-hydroxylation sites is 1. The second kappa shape index (κ2) is 4.12. The van der Waals surface area contributed by atoms with Crippen molar-refractivity contribution in [1.82, 2.24) is 9.55 Å². The van der Waals surface area contributed by atoms with Crippen LogP contribution in [0, 0.1) is 4.77 Å². The van der Waals surface area contributed by atoms with Crippen molar-refractivity contribution in [3.8, 4) is 5.75 Å². The van der Waals surface area contributed by atoms with Crippen molar-refractivity contribution < 1.29 is 4.74 Å². The van der Waals surface area contributed by atoms with Gasteiger partial charge in [-0.05, 0) is 57.5 Å². The first-order chi connectivity index (χ1) is 8.65. The third kappa shape index (κ3) is 1.59. The van der Waals surface area contributed by atoms with Gasteiger partial charge in [0.2, 0.25) is 0 Å². The molecule has 0 aliphatic heterocycles. The molecule has 4 heteroatoms. The summed E-state index contributed by atoms with van der Waals surface area (Å²) in [6, 6.07) is 6.15. The van der Waals surface area contributed by atoms with E-state index in [4.69, 9.17) is 17.0 Å². The van der Waals surface area contributed by atoms with Crippen molar-refractivity contribution in [1.29, 1.82) is 0 Å². The Hall–Kier alpha value is -1.29. The smallest absolute Gasteiger partial charge is 0.178 e. The number of aromatic nitrogens is 2. The molecule has 0 saturated heterocycles. The summed E-state index contributed by atoms with van der Waals surface area (Å²) >= 11 is 5.50. The minimum absolute atomic E-state index is 0.181. The maximum atomic E-state index is 5.66. The molecule has 0 spiro atoms. The van der Waals surface area contributed by atoms with E-state index in [2.05, 4.69) is 22.5 Å². The van der Waals surface area contributed by atoms with E-state index in [0.29, 0.717) is 6.61 Å². The fourth-order valence-corrected chi connectivity index (χ4v) is 3.25. The number of hydrogen-bond donors (Lipinski definition) is 1. The average molecular weight is 262 g/mol. The van der Waals surface area contributed by atoms with Gasteiger partial charge in [0.25, 0.3) is 0 Å². The third-order valence-electron chi connectivity index (χ3n) is 3.95. The van der Waals surface area contributed by atoms with Gasteiger partial charge in [0.1, 0.15) is 11.3 Å². The van der Waals surface area contributed by atoms with Crippen LogP contribution in [0.2, 0.25) is 0 Å². The molecule has 1 aromatic carbocycles. The zero-order valence-corrected chi connectivity index (χ0v) is 11.6. The van der Waals surface area contributed by atoms with Gasteiger partial charge in [-0.25, -0.2) is 0 Å². The number of nitrogens with zero attached hydrogens (tertiary/aromatic N) is 1. The lowest BCUT2D eigenvalue weighted by Gasteiger charge is -2.40. The van der Waals surface area contributed by atoms with E-state index in [9.17, 15) is 0 Å². The summed E-state index contributed by atoms with van der Waals surface area (Å²) in [5.41, 5.74) is 2.37. The first-order valence-corrected chi connectivity index (χ1v) is 6.93. The number of ether oxygens (including phenoxy) is 1. The van der Waals surface area contributed by atoms with E-state index in [0.717, 1.165) is 21.6 Å². The quantitative estimate of drug-likeness (QED) is 0.847. The van der Waals surface area contributed by atoms with E-state index in [1.807, 2.05) is 19.1 Å². The first kappa shape index (κ1) is 11.8. The molecule has 1 saturated carbocycles. The highest BCUT2D eigenvalue weighted by Crippen LogP contribution is 2.41. The first-order valence-electron chi connectivity index (χ1n) is 6.53. The Morgan fingerprint density at radius 1 is 1.44 bits per heavy atom. The van der Waals surface area contributed by atoms with Gasteiger partial charge in [-0.1, -0.05) is 6.07 Å². The third-order valence-corrected chi connectivity index (χ3v) is 4.24. The Morgan fingerprint density at radius 2 is 2.22 bits per heavy atom. The Labute approximate surface area is 112 Å². The number of imidazole rings is 1. The normalized spacial score (nSPS) is 17.7. The molecule has 3 rings (SSSR count). The van der Waals surface area contributed by atoms with Crippen LogP contribution >= 0.6 is 12.2 Å². The van der Waals surface area contributed by atoms with E-state index in [1.165, 1.54) is 19.3 Å². The monoisotopic (exact) mass is 262 g/mol. The maximum Gasteiger partial charge on any atom is 0.178 e. The predicted molar refractivity (Wildman–Crippen MR) is 75.8 cm³/mol. The van der Waals surface area contributed by atoms with Crippen LogP contribution in [0.4, 0.5) is 0 Å². The summed E-state index contributed by atoms with van der Waals surface area (Å²) in [6.45, 7) is 4.95. The number of H-pyrrole nitrogens is 1. The molecule has 96 valence electrons. The van der Waals surface area contributed by atoms with Gasteiger partial charge in [-0.2, -0.15) is 0 Å². The van der Waals surface area contributed by atoms with Gasteiger partial charge in [0.05, 0.1) is 12.1 Å². The molecule has 0 radical (unpaired) electrons. The summed E-state index contributed by atoms with van der Waals surface area (Å²) < 4.78 is 8.73. The van der Waals surface area contributed by atoms with Crippen LogP contribution in [0.25, 0.3) is 11.0 Å². The molecular weight excluding hydrogens is 244 g/mol.